The summed E-state index contributed by atoms with van der Waals surface area (Å²) in [5.74, 6) is -1.37. The molecule has 0 fully saturated rings. The summed E-state index contributed by atoms with van der Waals surface area (Å²) in [5.41, 5.74) is 0. The van der Waals surface area contributed by atoms with Crippen molar-refractivity contribution >= 4 is 17.9 Å². The fourth-order valence-electron chi connectivity index (χ4n) is 2.60. The standard InChI is InChI=1S/C27H46O11/c1-9-25(28)36-16-22(6)33-14-20(4)32-13-19(3)31-12-11-27(30)37-17-23(7)34-15-21(5)35-18-24(8)38-26(29)10-2/h9-10,19-24H,1-2,11-18H2,3-8H3. The predicted molar refractivity (Wildman–Crippen MR) is 140 cm³/mol. The summed E-state index contributed by atoms with van der Waals surface area (Å²) < 4.78 is 43.3. The Morgan fingerprint density at radius 1 is 0.553 bits per heavy atom. The maximum Gasteiger partial charge on any atom is 0.330 e. The van der Waals surface area contributed by atoms with Gasteiger partial charge in [0.15, 0.2) is 0 Å². The lowest BCUT2D eigenvalue weighted by Gasteiger charge is -2.20. The highest BCUT2D eigenvalue weighted by atomic mass is 16.6. The van der Waals surface area contributed by atoms with Crippen LogP contribution in [-0.2, 0) is 52.3 Å². The maximum absolute atomic E-state index is 12.0. The first-order valence-electron chi connectivity index (χ1n) is 12.8. The van der Waals surface area contributed by atoms with Gasteiger partial charge in [-0.1, -0.05) is 13.2 Å². The number of carbonyl (C=O) groups is 3. The van der Waals surface area contributed by atoms with Gasteiger partial charge in [-0.2, -0.15) is 0 Å². The van der Waals surface area contributed by atoms with Crippen LogP contribution in [0.15, 0.2) is 25.3 Å². The molecule has 0 amide bonds. The SMILES string of the molecule is C=CC(=O)OCC(C)OCC(C)OCC(C)OCCC(=O)OCC(C)OCC(C)OCC(C)OC(=O)C=C. The van der Waals surface area contributed by atoms with Gasteiger partial charge in [-0.25, -0.2) is 9.59 Å². The molecule has 6 atom stereocenters. The van der Waals surface area contributed by atoms with Crippen molar-refractivity contribution in [3.63, 3.8) is 0 Å². The summed E-state index contributed by atoms with van der Waals surface area (Å²) >= 11 is 0. The Labute approximate surface area is 226 Å². The Balaban J connectivity index is 3.86. The van der Waals surface area contributed by atoms with Crippen molar-refractivity contribution in [1.29, 1.82) is 0 Å². The van der Waals surface area contributed by atoms with E-state index in [9.17, 15) is 14.4 Å². The Bertz CT molecular complexity index is 697. The number of hydrogen-bond donors (Lipinski definition) is 0. The average molecular weight is 547 g/mol. The van der Waals surface area contributed by atoms with Crippen molar-refractivity contribution in [2.24, 2.45) is 0 Å². The molecule has 0 aromatic rings. The fraction of sp³-hybridized carbons (Fsp3) is 0.741. The van der Waals surface area contributed by atoms with Crippen LogP contribution in [0.5, 0.6) is 0 Å². The molecule has 0 aromatic carbocycles. The largest absolute Gasteiger partial charge is 0.463 e. The second-order valence-electron chi connectivity index (χ2n) is 8.98. The number of esters is 3. The normalized spacial score (nSPS) is 15.8. The molecule has 0 spiro atoms. The number of rotatable bonds is 23. The summed E-state index contributed by atoms with van der Waals surface area (Å²) in [6.07, 6.45) is 0.710. The molecule has 0 radical (unpaired) electrons. The third-order valence-corrected chi connectivity index (χ3v) is 4.76. The van der Waals surface area contributed by atoms with E-state index in [1.54, 1.807) is 20.8 Å². The minimum absolute atomic E-state index is 0.109. The van der Waals surface area contributed by atoms with Crippen LogP contribution in [0.25, 0.3) is 0 Å². The van der Waals surface area contributed by atoms with Crippen molar-refractivity contribution in [2.45, 2.75) is 84.6 Å². The zero-order chi connectivity index (χ0) is 28.9. The van der Waals surface area contributed by atoms with Crippen LogP contribution in [0, 0.1) is 0 Å². The first kappa shape index (κ1) is 35.7. The molecule has 0 aliphatic heterocycles. The first-order valence-corrected chi connectivity index (χ1v) is 12.8. The van der Waals surface area contributed by atoms with Gasteiger partial charge in [0.1, 0.15) is 19.3 Å². The highest BCUT2D eigenvalue weighted by Gasteiger charge is 2.14. The van der Waals surface area contributed by atoms with Crippen LogP contribution in [0.2, 0.25) is 0 Å². The van der Waals surface area contributed by atoms with Gasteiger partial charge in [0.05, 0.1) is 70.0 Å². The molecule has 0 aliphatic rings. The van der Waals surface area contributed by atoms with E-state index in [0.29, 0.717) is 19.8 Å². The predicted octanol–water partition coefficient (Wildman–Crippen LogP) is 2.79. The smallest absolute Gasteiger partial charge is 0.330 e. The summed E-state index contributed by atoms with van der Waals surface area (Å²) in [6.45, 7) is 19.2. The van der Waals surface area contributed by atoms with Gasteiger partial charge in [-0.15, -0.1) is 0 Å². The number of hydrogen-bond acceptors (Lipinski definition) is 11. The van der Waals surface area contributed by atoms with Gasteiger partial charge in [0.25, 0.3) is 0 Å². The Hall–Kier alpha value is -2.31. The summed E-state index contributed by atoms with van der Waals surface area (Å²) in [5, 5.41) is 0. The molecule has 0 saturated carbocycles. The second kappa shape index (κ2) is 21.6. The van der Waals surface area contributed by atoms with Crippen LogP contribution < -0.4 is 0 Å². The van der Waals surface area contributed by atoms with Crippen molar-refractivity contribution in [1.82, 2.24) is 0 Å². The quantitative estimate of drug-likeness (QED) is 0.107. The van der Waals surface area contributed by atoms with Gasteiger partial charge < -0.3 is 37.9 Å². The molecule has 0 rings (SSSR count). The highest BCUT2D eigenvalue weighted by molar-refractivity contribution is 5.81. The van der Waals surface area contributed by atoms with E-state index < -0.39 is 18.0 Å². The average Bonchev–Trinajstić information content (AvgIpc) is 2.89. The third kappa shape index (κ3) is 20.7. The summed E-state index contributed by atoms with van der Waals surface area (Å²) in [4.78, 5) is 34.2. The van der Waals surface area contributed by atoms with E-state index in [-0.39, 0.29) is 69.3 Å². The zero-order valence-corrected chi connectivity index (χ0v) is 23.7. The number of ether oxygens (including phenoxy) is 8. The van der Waals surface area contributed by atoms with E-state index in [2.05, 4.69) is 13.2 Å². The molecule has 0 saturated heterocycles. The van der Waals surface area contributed by atoms with Crippen molar-refractivity contribution in [2.75, 3.05) is 46.2 Å². The topological polar surface area (TPSA) is 125 Å². The van der Waals surface area contributed by atoms with Gasteiger partial charge in [-0.05, 0) is 41.5 Å². The highest BCUT2D eigenvalue weighted by Crippen LogP contribution is 2.04. The molecule has 0 aliphatic carbocycles. The van der Waals surface area contributed by atoms with Crippen molar-refractivity contribution in [3.8, 4) is 0 Å². The van der Waals surface area contributed by atoms with E-state index in [0.717, 1.165) is 12.2 Å². The van der Waals surface area contributed by atoms with Crippen molar-refractivity contribution in [3.05, 3.63) is 25.3 Å². The number of carbonyl (C=O) groups excluding carboxylic acids is 3. The molecule has 11 heteroatoms. The summed E-state index contributed by atoms with van der Waals surface area (Å²) in [6, 6.07) is 0. The lowest BCUT2D eigenvalue weighted by molar-refractivity contribution is -0.152. The molecule has 11 nitrogen and oxygen atoms in total. The molecule has 0 aromatic heterocycles. The van der Waals surface area contributed by atoms with Crippen LogP contribution in [0.1, 0.15) is 48.0 Å². The van der Waals surface area contributed by atoms with Crippen LogP contribution in [-0.4, -0.2) is 101 Å². The lowest BCUT2D eigenvalue weighted by Crippen LogP contribution is -2.28. The molecule has 0 N–H and O–H groups in total. The Morgan fingerprint density at radius 2 is 0.947 bits per heavy atom. The third-order valence-electron chi connectivity index (χ3n) is 4.76. The molecule has 0 bridgehead atoms. The minimum Gasteiger partial charge on any atom is -0.463 e. The maximum atomic E-state index is 12.0. The van der Waals surface area contributed by atoms with Gasteiger partial charge in [-0.3, -0.25) is 4.79 Å². The molecule has 38 heavy (non-hydrogen) atoms. The Kier molecular flexibility index (Phi) is 20.3. The van der Waals surface area contributed by atoms with Gasteiger partial charge in [0.2, 0.25) is 0 Å². The molecule has 220 valence electrons. The molecular formula is C27H46O11. The molecule has 6 unspecified atom stereocenters. The first-order chi connectivity index (χ1) is 18.0. The van der Waals surface area contributed by atoms with Crippen molar-refractivity contribution < 1.29 is 52.3 Å². The Morgan fingerprint density at radius 3 is 1.42 bits per heavy atom. The minimum atomic E-state index is -0.498. The fourth-order valence-corrected chi connectivity index (χ4v) is 2.60. The van der Waals surface area contributed by atoms with Crippen LogP contribution >= 0.6 is 0 Å². The molecular weight excluding hydrogens is 500 g/mol. The lowest BCUT2D eigenvalue weighted by atomic mass is 10.3. The van der Waals surface area contributed by atoms with E-state index >= 15 is 0 Å². The van der Waals surface area contributed by atoms with Crippen LogP contribution in [0.4, 0.5) is 0 Å². The monoisotopic (exact) mass is 546 g/mol. The van der Waals surface area contributed by atoms with Gasteiger partial charge >= 0.3 is 17.9 Å². The van der Waals surface area contributed by atoms with E-state index in [1.165, 1.54) is 0 Å². The van der Waals surface area contributed by atoms with E-state index in [1.807, 2.05) is 20.8 Å². The summed E-state index contributed by atoms with van der Waals surface area (Å²) in [7, 11) is 0. The van der Waals surface area contributed by atoms with Gasteiger partial charge in [0, 0.05) is 12.2 Å². The molecule has 0 heterocycles. The zero-order valence-electron chi connectivity index (χ0n) is 23.7. The van der Waals surface area contributed by atoms with E-state index in [4.69, 9.17) is 37.9 Å². The second-order valence-corrected chi connectivity index (χ2v) is 8.98. The van der Waals surface area contributed by atoms with Crippen LogP contribution in [0.3, 0.4) is 0 Å².